The van der Waals surface area contributed by atoms with Crippen molar-refractivity contribution in [2.24, 2.45) is 0 Å². The topological polar surface area (TPSA) is 80.4 Å². The summed E-state index contributed by atoms with van der Waals surface area (Å²) in [6.07, 6.45) is 4.33. The molecule has 0 spiro atoms. The van der Waals surface area contributed by atoms with E-state index in [4.69, 9.17) is 4.42 Å². The monoisotopic (exact) mass is 452 g/mol. The molecule has 4 heterocycles. The maximum Gasteiger partial charge on any atom is 0.261 e. The van der Waals surface area contributed by atoms with E-state index in [1.165, 1.54) is 36.0 Å². The SMILES string of the molecule is Cc1nn(-c2ccc(F)cc2)c2sc(C(=O)NC3CCN(C(=O)c4ccoc4)CC3)cc12. The molecular weight excluding hydrogens is 431 g/mol. The molecule has 0 atom stereocenters. The molecule has 2 amide bonds. The molecule has 4 aromatic rings. The minimum atomic E-state index is -0.308. The summed E-state index contributed by atoms with van der Waals surface area (Å²) in [7, 11) is 0. The van der Waals surface area contributed by atoms with Crippen molar-refractivity contribution in [2.45, 2.75) is 25.8 Å². The molecule has 1 aliphatic heterocycles. The van der Waals surface area contributed by atoms with Crippen LogP contribution in [0.25, 0.3) is 15.9 Å². The van der Waals surface area contributed by atoms with Crippen LogP contribution in [-0.2, 0) is 0 Å². The Morgan fingerprint density at radius 3 is 2.62 bits per heavy atom. The number of carbonyl (C=O) groups excluding carboxylic acids is 2. The van der Waals surface area contributed by atoms with Crippen molar-refractivity contribution in [3.63, 3.8) is 0 Å². The van der Waals surface area contributed by atoms with Gasteiger partial charge in [0.25, 0.3) is 11.8 Å². The molecule has 0 aliphatic carbocycles. The summed E-state index contributed by atoms with van der Waals surface area (Å²) >= 11 is 1.36. The Bertz CT molecular complexity index is 1270. The van der Waals surface area contributed by atoms with E-state index in [1.807, 2.05) is 13.0 Å². The maximum absolute atomic E-state index is 13.3. The lowest BCUT2D eigenvalue weighted by Gasteiger charge is -2.32. The Morgan fingerprint density at radius 2 is 1.94 bits per heavy atom. The lowest BCUT2D eigenvalue weighted by atomic mass is 10.0. The Labute approximate surface area is 187 Å². The van der Waals surface area contributed by atoms with Crippen LogP contribution >= 0.6 is 11.3 Å². The van der Waals surface area contributed by atoms with Crippen LogP contribution in [0, 0.1) is 12.7 Å². The van der Waals surface area contributed by atoms with Gasteiger partial charge in [-0.05, 0) is 56.2 Å². The highest BCUT2D eigenvalue weighted by molar-refractivity contribution is 7.20. The van der Waals surface area contributed by atoms with Crippen LogP contribution in [0.15, 0.2) is 53.3 Å². The first-order valence-corrected chi connectivity index (χ1v) is 11.2. The Morgan fingerprint density at radius 1 is 1.19 bits per heavy atom. The van der Waals surface area contributed by atoms with Crippen molar-refractivity contribution in [1.82, 2.24) is 20.0 Å². The third kappa shape index (κ3) is 3.80. The second-order valence-electron chi connectivity index (χ2n) is 7.86. The van der Waals surface area contributed by atoms with Crippen molar-refractivity contribution >= 4 is 33.4 Å². The van der Waals surface area contributed by atoms with Gasteiger partial charge in [-0.1, -0.05) is 0 Å². The van der Waals surface area contributed by atoms with Crippen molar-refractivity contribution in [3.8, 4) is 5.69 Å². The minimum absolute atomic E-state index is 0.0100. The summed E-state index contributed by atoms with van der Waals surface area (Å²) in [6.45, 7) is 3.06. The first-order chi connectivity index (χ1) is 15.5. The number of aromatic nitrogens is 2. The lowest BCUT2D eigenvalue weighted by Crippen LogP contribution is -2.46. The summed E-state index contributed by atoms with van der Waals surface area (Å²) in [6, 6.07) is 9.64. The van der Waals surface area contributed by atoms with Crippen molar-refractivity contribution in [1.29, 1.82) is 0 Å². The number of amides is 2. The number of rotatable bonds is 4. The van der Waals surface area contributed by atoms with Gasteiger partial charge in [0.1, 0.15) is 16.9 Å². The zero-order valence-corrected chi connectivity index (χ0v) is 18.2. The number of piperidine rings is 1. The third-order valence-corrected chi connectivity index (χ3v) is 6.83. The summed E-state index contributed by atoms with van der Waals surface area (Å²) in [5.74, 6) is -0.484. The predicted octanol–water partition coefficient (Wildman–Crippen LogP) is 4.16. The predicted molar refractivity (Wildman–Crippen MR) is 119 cm³/mol. The van der Waals surface area contributed by atoms with Gasteiger partial charge in [0.15, 0.2) is 0 Å². The molecule has 7 nitrogen and oxygen atoms in total. The number of nitrogens with zero attached hydrogens (tertiary/aromatic N) is 3. The molecule has 32 heavy (non-hydrogen) atoms. The number of hydrogen-bond donors (Lipinski definition) is 1. The number of benzene rings is 1. The molecule has 0 unspecified atom stereocenters. The molecule has 1 N–H and O–H groups in total. The molecule has 5 rings (SSSR count). The number of likely N-dealkylation sites (tertiary alicyclic amines) is 1. The molecule has 164 valence electrons. The summed E-state index contributed by atoms with van der Waals surface area (Å²) in [5, 5.41) is 8.55. The molecule has 0 bridgehead atoms. The van der Waals surface area contributed by atoms with Gasteiger partial charge in [-0.3, -0.25) is 9.59 Å². The molecule has 1 saturated heterocycles. The van der Waals surface area contributed by atoms with E-state index in [0.29, 0.717) is 36.4 Å². The fourth-order valence-corrected chi connectivity index (χ4v) is 5.05. The minimum Gasteiger partial charge on any atom is -0.472 e. The van der Waals surface area contributed by atoms with E-state index >= 15 is 0 Å². The molecule has 1 fully saturated rings. The zero-order valence-electron chi connectivity index (χ0n) is 17.4. The lowest BCUT2D eigenvalue weighted by molar-refractivity contribution is 0.0697. The number of fused-ring (bicyclic) bond motifs is 1. The molecule has 1 aliphatic rings. The average molecular weight is 453 g/mol. The zero-order chi connectivity index (χ0) is 22.2. The van der Waals surface area contributed by atoms with Gasteiger partial charge in [-0.2, -0.15) is 5.10 Å². The quantitative estimate of drug-likeness (QED) is 0.504. The highest BCUT2D eigenvalue weighted by Gasteiger charge is 2.26. The number of hydrogen-bond acceptors (Lipinski definition) is 5. The summed E-state index contributed by atoms with van der Waals surface area (Å²) < 4.78 is 20.0. The van der Waals surface area contributed by atoms with E-state index in [1.54, 1.807) is 27.8 Å². The van der Waals surface area contributed by atoms with E-state index < -0.39 is 0 Å². The normalized spacial score (nSPS) is 14.8. The van der Waals surface area contributed by atoms with Crippen LogP contribution in [0.5, 0.6) is 0 Å². The second-order valence-corrected chi connectivity index (χ2v) is 8.89. The number of thiophene rings is 1. The van der Waals surface area contributed by atoms with Crippen LogP contribution in [-0.4, -0.2) is 45.6 Å². The van der Waals surface area contributed by atoms with Gasteiger partial charge in [0, 0.05) is 24.5 Å². The van der Waals surface area contributed by atoms with Crippen molar-refractivity contribution < 1.29 is 18.4 Å². The van der Waals surface area contributed by atoms with E-state index in [9.17, 15) is 14.0 Å². The first kappa shape index (κ1) is 20.4. The molecule has 0 radical (unpaired) electrons. The number of halogens is 1. The van der Waals surface area contributed by atoms with Crippen LogP contribution < -0.4 is 5.32 Å². The molecule has 3 aromatic heterocycles. The standard InChI is InChI=1S/C23H21FN4O3S/c1-14-19-12-20(32-23(19)28(26-14)18-4-2-16(24)3-5-18)21(29)25-17-6-9-27(10-7-17)22(30)15-8-11-31-13-15/h2-5,8,11-13,17H,6-7,9-10H2,1H3,(H,25,29). The summed E-state index contributed by atoms with van der Waals surface area (Å²) in [4.78, 5) is 28.6. The average Bonchev–Trinajstić information content (AvgIpc) is 3.53. The third-order valence-electron chi connectivity index (χ3n) is 5.73. The molecule has 1 aromatic carbocycles. The van der Waals surface area contributed by atoms with Gasteiger partial charge in [0.05, 0.1) is 28.1 Å². The van der Waals surface area contributed by atoms with Gasteiger partial charge in [-0.25, -0.2) is 9.07 Å². The van der Waals surface area contributed by atoms with Gasteiger partial charge < -0.3 is 14.6 Å². The number of nitrogens with one attached hydrogen (secondary N) is 1. The molecule has 9 heteroatoms. The van der Waals surface area contributed by atoms with Gasteiger partial charge >= 0.3 is 0 Å². The number of furan rings is 1. The number of carbonyl (C=O) groups is 2. The Hall–Kier alpha value is -3.46. The van der Waals surface area contributed by atoms with Crippen LogP contribution in [0.4, 0.5) is 4.39 Å². The fourth-order valence-electron chi connectivity index (χ4n) is 3.97. The Balaban J connectivity index is 1.27. The van der Waals surface area contributed by atoms with E-state index in [-0.39, 0.29) is 23.7 Å². The van der Waals surface area contributed by atoms with Crippen molar-refractivity contribution in [3.05, 3.63) is 70.9 Å². The van der Waals surface area contributed by atoms with E-state index in [0.717, 1.165) is 21.6 Å². The van der Waals surface area contributed by atoms with Crippen LogP contribution in [0.2, 0.25) is 0 Å². The largest absolute Gasteiger partial charge is 0.472 e. The van der Waals surface area contributed by atoms with E-state index in [2.05, 4.69) is 10.4 Å². The Kier molecular flexibility index (Phi) is 5.26. The first-order valence-electron chi connectivity index (χ1n) is 10.4. The van der Waals surface area contributed by atoms with Crippen LogP contribution in [0.1, 0.15) is 38.6 Å². The van der Waals surface area contributed by atoms with Crippen molar-refractivity contribution in [2.75, 3.05) is 13.1 Å². The highest BCUT2D eigenvalue weighted by Crippen LogP contribution is 2.30. The fraction of sp³-hybridized carbons (Fsp3) is 0.261. The smallest absolute Gasteiger partial charge is 0.261 e. The van der Waals surface area contributed by atoms with Crippen LogP contribution in [0.3, 0.4) is 0 Å². The highest BCUT2D eigenvalue weighted by atomic mass is 32.1. The molecular formula is C23H21FN4O3S. The summed E-state index contributed by atoms with van der Waals surface area (Å²) in [5.41, 5.74) is 2.10. The maximum atomic E-state index is 13.3. The molecule has 0 saturated carbocycles. The second kappa shape index (κ2) is 8.23. The van der Waals surface area contributed by atoms with Gasteiger partial charge in [0.2, 0.25) is 0 Å². The van der Waals surface area contributed by atoms with Gasteiger partial charge in [-0.15, -0.1) is 11.3 Å². The number of aryl methyl sites for hydroxylation is 1.